The van der Waals surface area contributed by atoms with Crippen molar-refractivity contribution in [2.24, 2.45) is 4.99 Å². The highest BCUT2D eigenvalue weighted by atomic mass is 79.9. The molecule has 0 saturated heterocycles. The van der Waals surface area contributed by atoms with E-state index in [9.17, 15) is 5.11 Å². The van der Waals surface area contributed by atoms with E-state index in [4.69, 9.17) is 0 Å². The van der Waals surface area contributed by atoms with Crippen LogP contribution in [0.4, 0.5) is 0 Å². The molecule has 0 aliphatic heterocycles. The monoisotopic (exact) mass is 359 g/mol. The van der Waals surface area contributed by atoms with Crippen LogP contribution in [0.2, 0.25) is 0 Å². The van der Waals surface area contributed by atoms with Gasteiger partial charge in [0.2, 0.25) is 0 Å². The molecule has 0 aromatic heterocycles. The largest absolute Gasteiger partial charge is 0.507 e. The molecular formula is C19H22BrNO. The predicted octanol–water partition coefficient (Wildman–Crippen LogP) is 5.63. The number of rotatable bonds is 3. The van der Waals surface area contributed by atoms with Crippen molar-refractivity contribution in [3.05, 3.63) is 63.6 Å². The standard InChI is InChI=1S/C19H22BrNO/c1-13(14-8-6-5-7-9-14)21-12-15-10-16(20)11-17(18(15)22)19(2,3)4/h5-13,22H,1-4H3. The highest BCUT2D eigenvalue weighted by Gasteiger charge is 2.20. The van der Waals surface area contributed by atoms with Gasteiger partial charge in [-0.1, -0.05) is 67.0 Å². The van der Waals surface area contributed by atoms with E-state index in [-0.39, 0.29) is 11.5 Å². The second kappa shape index (κ2) is 6.66. The lowest BCUT2D eigenvalue weighted by Crippen LogP contribution is -2.12. The SMILES string of the molecule is CC(N=Cc1cc(Br)cc(C(C)(C)C)c1O)c1ccccc1. The molecule has 2 nitrogen and oxygen atoms in total. The van der Waals surface area contributed by atoms with E-state index in [0.29, 0.717) is 5.75 Å². The lowest BCUT2D eigenvalue weighted by molar-refractivity contribution is 0.445. The number of hydrogen-bond acceptors (Lipinski definition) is 2. The van der Waals surface area contributed by atoms with Gasteiger partial charge in [-0.3, -0.25) is 4.99 Å². The van der Waals surface area contributed by atoms with Crippen LogP contribution in [0.3, 0.4) is 0 Å². The van der Waals surface area contributed by atoms with E-state index < -0.39 is 0 Å². The highest BCUT2D eigenvalue weighted by Crippen LogP contribution is 2.35. The summed E-state index contributed by atoms with van der Waals surface area (Å²) in [6.07, 6.45) is 1.76. The van der Waals surface area contributed by atoms with Crippen molar-refractivity contribution in [3.8, 4) is 5.75 Å². The Morgan fingerprint density at radius 2 is 1.77 bits per heavy atom. The lowest BCUT2D eigenvalue weighted by atomic mass is 9.85. The van der Waals surface area contributed by atoms with Crippen LogP contribution in [0, 0.1) is 0 Å². The molecule has 0 saturated carbocycles. The molecule has 0 bridgehead atoms. The van der Waals surface area contributed by atoms with E-state index in [1.54, 1.807) is 6.21 Å². The molecule has 0 aliphatic carbocycles. The maximum atomic E-state index is 10.5. The van der Waals surface area contributed by atoms with Crippen molar-refractivity contribution in [2.75, 3.05) is 0 Å². The third kappa shape index (κ3) is 3.98. The number of benzene rings is 2. The smallest absolute Gasteiger partial charge is 0.128 e. The van der Waals surface area contributed by atoms with Crippen molar-refractivity contribution in [2.45, 2.75) is 39.2 Å². The number of aromatic hydroxyl groups is 1. The quantitative estimate of drug-likeness (QED) is 0.707. The van der Waals surface area contributed by atoms with Crippen molar-refractivity contribution >= 4 is 22.1 Å². The topological polar surface area (TPSA) is 32.6 Å². The molecular weight excluding hydrogens is 338 g/mol. The number of aliphatic imine (C=N–C) groups is 1. The van der Waals surface area contributed by atoms with Crippen LogP contribution in [0.1, 0.15) is 50.4 Å². The number of nitrogens with zero attached hydrogens (tertiary/aromatic N) is 1. The second-order valence-corrected chi connectivity index (χ2v) is 7.42. The van der Waals surface area contributed by atoms with Gasteiger partial charge in [-0.2, -0.15) is 0 Å². The first-order valence-electron chi connectivity index (χ1n) is 7.40. The Morgan fingerprint density at radius 3 is 2.36 bits per heavy atom. The maximum absolute atomic E-state index is 10.5. The highest BCUT2D eigenvalue weighted by molar-refractivity contribution is 9.10. The maximum Gasteiger partial charge on any atom is 0.128 e. The molecule has 2 aromatic rings. The zero-order chi connectivity index (χ0) is 16.3. The van der Waals surface area contributed by atoms with Crippen LogP contribution in [-0.2, 0) is 5.41 Å². The summed E-state index contributed by atoms with van der Waals surface area (Å²) in [4.78, 5) is 4.58. The van der Waals surface area contributed by atoms with E-state index in [0.717, 1.165) is 21.2 Å². The van der Waals surface area contributed by atoms with E-state index in [2.05, 4.69) is 53.8 Å². The van der Waals surface area contributed by atoms with Gasteiger partial charge in [0.05, 0.1) is 6.04 Å². The van der Waals surface area contributed by atoms with Crippen LogP contribution < -0.4 is 0 Å². The van der Waals surface area contributed by atoms with E-state index >= 15 is 0 Å². The van der Waals surface area contributed by atoms with Crippen LogP contribution >= 0.6 is 15.9 Å². The minimum atomic E-state index is -0.124. The Labute approximate surface area is 141 Å². The Morgan fingerprint density at radius 1 is 1.14 bits per heavy atom. The summed E-state index contributed by atoms with van der Waals surface area (Å²) in [5.74, 6) is 0.305. The van der Waals surface area contributed by atoms with Crippen molar-refractivity contribution < 1.29 is 5.11 Å². The van der Waals surface area contributed by atoms with E-state index in [1.165, 1.54) is 0 Å². The summed E-state index contributed by atoms with van der Waals surface area (Å²) in [5, 5.41) is 10.5. The Kier molecular flexibility index (Phi) is 5.07. The summed E-state index contributed by atoms with van der Waals surface area (Å²) >= 11 is 3.52. The number of halogens is 1. The molecule has 22 heavy (non-hydrogen) atoms. The molecule has 1 atom stereocenters. The molecule has 116 valence electrons. The summed E-state index contributed by atoms with van der Waals surface area (Å²) < 4.78 is 0.948. The third-order valence-corrected chi connectivity index (χ3v) is 4.09. The predicted molar refractivity (Wildman–Crippen MR) is 97.0 cm³/mol. The lowest BCUT2D eigenvalue weighted by Gasteiger charge is -2.21. The molecule has 0 heterocycles. The first-order valence-corrected chi connectivity index (χ1v) is 8.19. The fourth-order valence-electron chi connectivity index (χ4n) is 2.30. The zero-order valence-corrected chi connectivity index (χ0v) is 15.1. The van der Waals surface area contributed by atoms with Crippen molar-refractivity contribution in [1.82, 2.24) is 0 Å². The van der Waals surface area contributed by atoms with E-state index in [1.807, 2.05) is 37.3 Å². The first kappa shape index (κ1) is 16.8. The Balaban J connectivity index is 2.34. The van der Waals surface area contributed by atoms with Crippen LogP contribution in [0.15, 0.2) is 51.9 Å². The van der Waals surface area contributed by atoms with Gasteiger partial charge in [0.15, 0.2) is 0 Å². The molecule has 3 heteroatoms. The molecule has 0 amide bonds. The third-order valence-electron chi connectivity index (χ3n) is 3.63. The normalized spacial score (nSPS) is 13.5. The van der Waals surface area contributed by atoms with Gasteiger partial charge in [-0.05, 0) is 30.0 Å². The van der Waals surface area contributed by atoms with Gasteiger partial charge in [-0.25, -0.2) is 0 Å². The molecule has 2 aromatic carbocycles. The van der Waals surface area contributed by atoms with Gasteiger partial charge in [0.25, 0.3) is 0 Å². The first-order chi connectivity index (χ1) is 10.3. The number of phenols is 1. The Hall–Kier alpha value is -1.61. The van der Waals surface area contributed by atoms with Crippen LogP contribution in [0.5, 0.6) is 5.75 Å². The molecule has 0 aliphatic rings. The molecule has 0 spiro atoms. The zero-order valence-electron chi connectivity index (χ0n) is 13.5. The van der Waals surface area contributed by atoms with Gasteiger partial charge < -0.3 is 5.11 Å². The average molecular weight is 360 g/mol. The molecule has 1 unspecified atom stereocenters. The van der Waals surface area contributed by atoms with Gasteiger partial charge in [0.1, 0.15) is 5.75 Å². The Bertz CT molecular complexity index is 672. The molecule has 0 fully saturated rings. The second-order valence-electron chi connectivity index (χ2n) is 6.51. The summed E-state index contributed by atoms with van der Waals surface area (Å²) in [6.45, 7) is 8.30. The fourth-order valence-corrected chi connectivity index (χ4v) is 2.78. The average Bonchev–Trinajstić information content (AvgIpc) is 2.47. The minimum absolute atomic E-state index is 0.0534. The molecule has 2 rings (SSSR count). The van der Waals surface area contributed by atoms with Gasteiger partial charge in [-0.15, -0.1) is 0 Å². The molecule has 0 radical (unpaired) electrons. The number of hydrogen-bond donors (Lipinski definition) is 1. The number of phenolic OH excluding ortho intramolecular Hbond substituents is 1. The summed E-state index contributed by atoms with van der Waals surface area (Å²) in [5.41, 5.74) is 2.68. The molecule has 1 N–H and O–H groups in total. The van der Waals surface area contributed by atoms with Gasteiger partial charge in [0, 0.05) is 21.8 Å². The van der Waals surface area contributed by atoms with Crippen LogP contribution in [0.25, 0.3) is 0 Å². The fraction of sp³-hybridized carbons (Fsp3) is 0.316. The van der Waals surface area contributed by atoms with Crippen molar-refractivity contribution in [3.63, 3.8) is 0 Å². The van der Waals surface area contributed by atoms with Crippen LogP contribution in [-0.4, -0.2) is 11.3 Å². The minimum Gasteiger partial charge on any atom is -0.507 e. The van der Waals surface area contributed by atoms with Gasteiger partial charge >= 0.3 is 0 Å². The van der Waals surface area contributed by atoms with Crippen molar-refractivity contribution in [1.29, 1.82) is 0 Å². The summed E-state index contributed by atoms with van der Waals surface area (Å²) in [7, 11) is 0. The summed E-state index contributed by atoms with van der Waals surface area (Å²) in [6, 6.07) is 14.0.